The smallest absolute Gasteiger partial charge is 0.416 e. The summed E-state index contributed by atoms with van der Waals surface area (Å²) in [6.07, 6.45) is -4.48. The number of hydrogen-bond donors (Lipinski definition) is 0. The number of carbonyl (C=O) groups excluding carboxylic acids is 1. The maximum Gasteiger partial charge on any atom is 0.416 e. The van der Waals surface area contributed by atoms with Crippen LogP contribution in [0.15, 0.2) is 36.4 Å². The van der Waals surface area contributed by atoms with Gasteiger partial charge in [0.25, 0.3) is 5.69 Å². The maximum atomic E-state index is 12.7. The fourth-order valence-electron chi connectivity index (χ4n) is 2.43. The van der Waals surface area contributed by atoms with Crippen molar-refractivity contribution in [3.63, 3.8) is 0 Å². The zero-order chi connectivity index (χ0) is 22.3. The highest BCUT2D eigenvalue weighted by Crippen LogP contribution is 2.37. The third-order valence-corrected chi connectivity index (χ3v) is 4.12. The van der Waals surface area contributed by atoms with Gasteiger partial charge in [-0.2, -0.15) is 13.2 Å². The number of methoxy groups -OCH3 is 1. The van der Waals surface area contributed by atoms with Gasteiger partial charge in [-0.15, -0.1) is 0 Å². The number of rotatable bonds is 9. The van der Waals surface area contributed by atoms with Gasteiger partial charge in [-0.05, 0) is 30.3 Å². The SMILES string of the molecule is COCCCOC(=O)Cc1cc(Oc2ccc(C(F)(F)F)cc2Cl)ccc1[N+](=O)[O-]. The monoisotopic (exact) mass is 447 g/mol. The number of alkyl halides is 3. The Morgan fingerprint density at radius 1 is 1.17 bits per heavy atom. The van der Waals surface area contributed by atoms with Gasteiger partial charge in [-0.25, -0.2) is 0 Å². The molecule has 7 nitrogen and oxygen atoms in total. The third-order valence-electron chi connectivity index (χ3n) is 3.83. The van der Waals surface area contributed by atoms with E-state index >= 15 is 0 Å². The normalized spacial score (nSPS) is 11.2. The number of nitro benzene ring substituents is 1. The van der Waals surface area contributed by atoms with Gasteiger partial charge < -0.3 is 14.2 Å². The molecule has 0 atom stereocenters. The van der Waals surface area contributed by atoms with E-state index in [-0.39, 0.29) is 40.8 Å². The quantitative estimate of drug-likeness (QED) is 0.228. The van der Waals surface area contributed by atoms with Crippen LogP contribution in [0.5, 0.6) is 11.5 Å². The first kappa shape index (κ1) is 23.4. The van der Waals surface area contributed by atoms with E-state index in [1.165, 1.54) is 19.2 Å². The Bertz CT molecular complexity index is 920. The van der Waals surface area contributed by atoms with Gasteiger partial charge in [-0.3, -0.25) is 14.9 Å². The van der Waals surface area contributed by atoms with Crippen LogP contribution >= 0.6 is 11.6 Å². The lowest BCUT2D eigenvalue weighted by molar-refractivity contribution is -0.385. The lowest BCUT2D eigenvalue weighted by atomic mass is 10.1. The van der Waals surface area contributed by atoms with Crippen LogP contribution in [-0.4, -0.2) is 31.2 Å². The Morgan fingerprint density at radius 2 is 1.90 bits per heavy atom. The molecule has 0 fully saturated rings. The van der Waals surface area contributed by atoms with Crippen molar-refractivity contribution in [1.82, 2.24) is 0 Å². The van der Waals surface area contributed by atoms with E-state index in [9.17, 15) is 28.1 Å². The molecule has 2 aromatic rings. The predicted octanol–water partition coefficient (Wildman–Crippen LogP) is 5.18. The van der Waals surface area contributed by atoms with Crippen molar-refractivity contribution in [1.29, 1.82) is 0 Å². The Morgan fingerprint density at radius 3 is 2.50 bits per heavy atom. The van der Waals surface area contributed by atoms with Crippen LogP contribution in [0.3, 0.4) is 0 Å². The molecule has 0 bridgehead atoms. The molecular formula is C19H17ClF3NO6. The van der Waals surface area contributed by atoms with Crippen molar-refractivity contribution in [3.05, 3.63) is 62.7 Å². The fourth-order valence-corrected chi connectivity index (χ4v) is 2.65. The van der Waals surface area contributed by atoms with Gasteiger partial charge >= 0.3 is 12.1 Å². The minimum absolute atomic E-state index is 0.0253. The van der Waals surface area contributed by atoms with Gasteiger partial charge in [0.2, 0.25) is 0 Å². The summed E-state index contributed by atoms with van der Waals surface area (Å²) in [5, 5.41) is 10.9. The molecule has 0 amide bonds. The molecule has 0 spiro atoms. The van der Waals surface area contributed by atoms with Crippen LogP contribution in [0, 0.1) is 10.1 Å². The van der Waals surface area contributed by atoms with Crippen LogP contribution in [0.1, 0.15) is 17.5 Å². The van der Waals surface area contributed by atoms with Gasteiger partial charge in [0.15, 0.2) is 0 Å². The fraction of sp³-hybridized carbons (Fsp3) is 0.316. The highest BCUT2D eigenvalue weighted by Gasteiger charge is 2.31. The minimum Gasteiger partial charge on any atom is -0.465 e. The number of benzene rings is 2. The second kappa shape index (κ2) is 10.3. The predicted molar refractivity (Wildman–Crippen MR) is 101 cm³/mol. The molecule has 0 heterocycles. The first-order chi connectivity index (χ1) is 14.1. The van der Waals surface area contributed by atoms with Gasteiger partial charge in [0, 0.05) is 31.8 Å². The number of carbonyl (C=O) groups is 1. The van der Waals surface area contributed by atoms with Gasteiger partial charge in [-0.1, -0.05) is 11.6 Å². The van der Waals surface area contributed by atoms with Gasteiger partial charge in [0.1, 0.15) is 11.5 Å². The highest BCUT2D eigenvalue weighted by atomic mass is 35.5. The van der Waals surface area contributed by atoms with Crippen LogP contribution in [0.25, 0.3) is 0 Å². The van der Waals surface area contributed by atoms with Crippen molar-refractivity contribution in [3.8, 4) is 11.5 Å². The molecule has 0 N–H and O–H groups in total. The number of hydrogen-bond acceptors (Lipinski definition) is 6. The lowest BCUT2D eigenvalue weighted by Crippen LogP contribution is -2.11. The van der Waals surface area contributed by atoms with Gasteiger partial charge in [0.05, 0.1) is 28.5 Å². The Hall–Kier alpha value is -2.85. The maximum absolute atomic E-state index is 12.7. The molecule has 2 rings (SSSR count). The molecule has 0 unspecified atom stereocenters. The molecule has 2 aromatic carbocycles. The second-order valence-electron chi connectivity index (χ2n) is 6.04. The lowest BCUT2D eigenvalue weighted by Gasteiger charge is -2.12. The van der Waals surface area contributed by atoms with E-state index in [2.05, 4.69) is 0 Å². The van der Waals surface area contributed by atoms with Crippen LogP contribution < -0.4 is 4.74 Å². The topological polar surface area (TPSA) is 87.9 Å². The molecule has 0 aliphatic heterocycles. The standard InChI is InChI=1S/C19H17ClF3NO6/c1-28-7-2-8-29-18(25)10-12-9-14(4-5-16(12)24(26)27)30-17-6-3-13(11-15(17)20)19(21,22)23/h3-6,9,11H,2,7-8,10H2,1H3. The summed E-state index contributed by atoms with van der Waals surface area (Å²) in [5.41, 5.74) is -1.24. The number of nitro groups is 1. The number of ether oxygens (including phenoxy) is 3. The summed E-state index contributed by atoms with van der Waals surface area (Å²) >= 11 is 5.86. The molecule has 0 aliphatic carbocycles. The van der Waals surface area contributed by atoms with Crippen molar-refractivity contribution in [2.45, 2.75) is 19.0 Å². The van der Waals surface area contributed by atoms with E-state index in [0.29, 0.717) is 19.1 Å². The summed E-state index contributed by atoms with van der Waals surface area (Å²) in [7, 11) is 1.50. The second-order valence-corrected chi connectivity index (χ2v) is 6.44. The average Bonchev–Trinajstić information content (AvgIpc) is 2.66. The molecular weight excluding hydrogens is 431 g/mol. The molecule has 0 aromatic heterocycles. The average molecular weight is 448 g/mol. The molecule has 0 aliphatic rings. The van der Waals surface area contributed by atoms with Crippen molar-refractivity contribution >= 4 is 23.3 Å². The van der Waals surface area contributed by atoms with Crippen molar-refractivity contribution in [2.75, 3.05) is 20.3 Å². The number of nitrogens with zero attached hydrogens (tertiary/aromatic N) is 1. The first-order valence-corrected chi connectivity index (χ1v) is 8.96. The summed E-state index contributed by atoms with van der Waals surface area (Å²) in [4.78, 5) is 22.5. The summed E-state index contributed by atoms with van der Waals surface area (Å²) in [6.45, 7) is 0.489. The van der Waals surface area contributed by atoms with E-state index in [0.717, 1.165) is 18.2 Å². The molecule has 30 heavy (non-hydrogen) atoms. The molecule has 162 valence electrons. The zero-order valence-electron chi connectivity index (χ0n) is 15.7. The molecule has 11 heteroatoms. The Balaban J connectivity index is 2.19. The van der Waals surface area contributed by atoms with Crippen LogP contribution in [0.4, 0.5) is 18.9 Å². The van der Waals surface area contributed by atoms with Crippen LogP contribution in [-0.2, 0) is 26.9 Å². The number of halogens is 4. The Labute approximate surface area is 174 Å². The first-order valence-electron chi connectivity index (χ1n) is 8.58. The van der Waals surface area contributed by atoms with Crippen molar-refractivity contribution < 1.29 is 37.1 Å². The number of esters is 1. The van der Waals surface area contributed by atoms with E-state index in [4.69, 9.17) is 25.8 Å². The molecule has 0 saturated heterocycles. The molecule has 0 radical (unpaired) electrons. The summed E-state index contributed by atoms with van der Waals surface area (Å²) in [5.74, 6) is -0.699. The summed E-state index contributed by atoms with van der Waals surface area (Å²) < 4.78 is 53.5. The summed E-state index contributed by atoms with van der Waals surface area (Å²) in [6, 6.07) is 6.16. The van der Waals surface area contributed by atoms with Crippen molar-refractivity contribution in [2.24, 2.45) is 0 Å². The minimum atomic E-state index is -4.56. The highest BCUT2D eigenvalue weighted by molar-refractivity contribution is 6.32. The zero-order valence-corrected chi connectivity index (χ0v) is 16.5. The van der Waals surface area contributed by atoms with Crippen LogP contribution in [0.2, 0.25) is 5.02 Å². The van der Waals surface area contributed by atoms with E-state index in [1.54, 1.807) is 0 Å². The Kier molecular flexibility index (Phi) is 8.01. The largest absolute Gasteiger partial charge is 0.465 e. The van der Waals surface area contributed by atoms with E-state index in [1.807, 2.05) is 0 Å². The third kappa shape index (κ3) is 6.60. The molecule has 0 saturated carbocycles. The van der Waals surface area contributed by atoms with E-state index < -0.39 is 22.6 Å².